The fourth-order valence-corrected chi connectivity index (χ4v) is 4.15. The molecule has 0 saturated carbocycles. The zero-order valence-corrected chi connectivity index (χ0v) is 15.5. The SMILES string of the molecule is Cc1ccc(C(=O)N(CCS(=O)(=O)N2CCNCC2)C(C)C)cc1. The molecule has 1 aliphatic rings. The maximum Gasteiger partial charge on any atom is 0.254 e. The average Bonchev–Trinajstić information content (AvgIpc) is 2.56. The van der Waals surface area contributed by atoms with Crippen LogP contribution in [-0.4, -0.2) is 68.0 Å². The van der Waals surface area contributed by atoms with Gasteiger partial charge >= 0.3 is 0 Å². The molecule has 1 heterocycles. The number of carbonyl (C=O) groups is 1. The van der Waals surface area contributed by atoms with Gasteiger partial charge in [-0.1, -0.05) is 17.7 Å². The topological polar surface area (TPSA) is 69.7 Å². The number of nitrogens with one attached hydrogen (secondary N) is 1. The number of hydrogen-bond donors (Lipinski definition) is 1. The van der Waals surface area contributed by atoms with Gasteiger partial charge in [0.05, 0.1) is 5.75 Å². The highest BCUT2D eigenvalue weighted by molar-refractivity contribution is 7.89. The molecule has 0 radical (unpaired) electrons. The van der Waals surface area contributed by atoms with Gasteiger partial charge in [0.15, 0.2) is 0 Å². The average molecular weight is 353 g/mol. The second kappa shape index (κ2) is 8.09. The number of rotatable bonds is 6. The van der Waals surface area contributed by atoms with Crippen molar-refractivity contribution in [2.45, 2.75) is 26.8 Å². The Labute approximate surface area is 144 Å². The molecule has 2 rings (SSSR count). The highest BCUT2D eigenvalue weighted by Crippen LogP contribution is 2.12. The number of carbonyl (C=O) groups excluding carboxylic acids is 1. The van der Waals surface area contributed by atoms with E-state index in [1.807, 2.05) is 32.9 Å². The molecule has 0 unspecified atom stereocenters. The van der Waals surface area contributed by atoms with Crippen molar-refractivity contribution in [2.24, 2.45) is 0 Å². The van der Waals surface area contributed by atoms with Gasteiger partial charge in [-0.05, 0) is 32.9 Å². The second-order valence-electron chi connectivity index (χ2n) is 6.42. The van der Waals surface area contributed by atoms with E-state index in [1.165, 1.54) is 4.31 Å². The van der Waals surface area contributed by atoms with Crippen molar-refractivity contribution in [3.8, 4) is 0 Å². The molecular weight excluding hydrogens is 326 g/mol. The minimum absolute atomic E-state index is 0.0389. The van der Waals surface area contributed by atoms with Gasteiger partial charge in [0, 0.05) is 44.3 Å². The Morgan fingerprint density at radius 3 is 2.33 bits per heavy atom. The van der Waals surface area contributed by atoms with Gasteiger partial charge in [-0.3, -0.25) is 4.79 Å². The van der Waals surface area contributed by atoms with Crippen LogP contribution in [0.3, 0.4) is 0 Å². The van der Waals surface area contributed by atoms with Crippen molar-refractivity contribution in [3.05, 3.63) is 35.4 Å². The molecule has 0 bridgehead atoms. The Kier molecular flexibility index (Phi) is 6.37. The van der Waals surface area contributed by atoms with Crippen LogP contribution in [0, 0.1) is 6.92 Å². The smallest absolute Gasteiger partial charge is 0.254 e. The minimum atomic E-state index is -3.33. The first kappa shape index (κ1) is 18.9. The van der Waals surface area contributed by atoms with Crippen molar-refractivity contribution >= 4 is 15.9 Å². The van der Waals surface area contributed by atoms with Crippen LogP contribution in [0.1, 0.15) is 29.8 Å². The molecule has 24 heavy (non-hydrogen) atoms. The molecule has 0 spiro atoms. The van der Waals surface area contributed by atoms with Gasteiger partial charge in [0.25, 0.3) is 5.91 Å². The van der Waals surface area contributed by atoms with E-state index in [9.17, 15) is 13.2 Å². The lowest BCUT2D eigenvalue weighted by Gasteiger charge is -2.30. The number of aryl methyl sites for hydroxylation is 1. The van der Waals surface area contributed by atoms with E-state index < -0.39 is 10.0 Å². The monoisotopic (exact) mass is 353 g/mol. The number of sulfonamides is 1. The first-order valence-electron chi connectivity index (χ1n) is 8.37. The highest BCUT2D eigenvalue weighted by atomic mass is 32.2. The molecule has 1 N–H and O–H groups in total. The van der Waals surface area contributed by atoms with Gasteiger partial charge < -0.3 is 10.2 Å². The van der Waals surface area contributed by atoms with Gasteiger partial charge in [0.2, 0.25) is 10.0 Å². The first-order chi connectivity index (χ1) is 11.3. The van der Waals surface area contributed by atoms with Crippen molar-refractivity contribution in [1.82, 2.24) is 14.5 Å². The summed E-state index contributed by atoms with van der Waals surface area (Å²) in [5, 5.41) is 3.14. The summed E-state index contributed by atoms with van der Waals surface area (Å²) in [5.74, 6) is -0.163. The summed E-state index contributed by atoms with van der Waals surface area (Å²) in [6.45, 7) is 8.33. The Bertz CT molecular complexity index is 650. The van der Waals surface area contributed by atoms with Crippen LogP contribution in [0.2, 0.25) is 0 Å². The quantitative estimate of drug-likeness (QED) is 0.831. The van der Waals surface area contributed by atoms with Crippen LogP contribution in [0.15, 0.2) is 24.3 Å². The summed E-state index contributed by atoms with van der Waals surface area (Å²) in [4.78, 5) is 14.3. The lowest BCUT2D eigenvalue weighted by molar-refractivity contribution is 0.0718. The largest absolute Gasteiger partial charge is 0.335 e. The molecule has 0 atom stereocenters. The number of hydrogen-bond acceptors (Lipinski definition) is 4. The maximum absolute atomic E-state index is 12.7. The summed E-state index contributed by atoms with van der Waals surface area (Å²) in [5.41, 5.74) is 1.68. The predicted molar refractivity (Wildman–Crippen MR) is 95.6 cm³/mol. The summed E-state index contributed by atoms with van der Waals surface area (Å²) < 4.78 is 26.5. The van der Waals surface area contributed by atoms with Crippen molar-refractivity contribution in [2.75, 3.05) is 38.5 Å². The summed E-state index contributed by atoms with van der Waals surface area (Å²) in [6, 6.07) is 7.30. The first-order valence-corrected chi connectivity index (χ1v) is 9.98. The molecule has 134 valence electrons. The Balaban J connectivity index is 2.05. The summed E-state index contributed by atoms with van der Waals surface area (Å²) in [7, 11) is -3.33. The number of piperazine rings is 1. The van der Waals surface area contributed by atoms with E-state index >= 15 is 0 Å². The van der Waals surface area contributed by atoms with Gasteiger partial charge in [-0.25, -0.2) is 8.42 Å². The maximum atomic E-state index is 12.7. The number of benzene rings is 1. The number of amides is 1. The third kappa shape index (κ3) is 4.78. The summed E-state index contributed by atoms with van der Waals surface area (Å²) >= 11 is 0. The molecule has 1 fully saturated rings. The molecule has 0 aromatic heterocycles. The molecule has 6 nitrogen and oxygen atoms in total. The minimum Gasteiger partial charge on any atom is -0.335 e. The highest BCUT2D eigenvalue weighted by Gasteiger charge is 2.26. The second-order valence-corrected chi connectivity index (χ2v) is 8.51. The van der Waals surface area contributed by atoms with Crippen molar-refractivity contribution < 1.29 is 13.2 Å². The molecule has 1 saturated heterocycles. The standard InChI is InChI=1S/C17H27N3O3S/c1-14(2)20(17(21)16-6-4-15(3)5-7-16)12-13-24(22,23)19-10-8-18-9-11-19/h4-7,14,18H,8-13H2,1-3H3. The van der Waals surface area contributed by atoms with Crippen LogP contribution in [0.4, 0.5) is 0 Å². The van der Waals surface area contributed by atoms with E-state index in [1.54, 1.807) is 17.0 Å². The van der Waals surface area contributed by atoms with E-state index in [0.29, 0.717) is 31.7 Å². The van der Waals surface area contributed by atoms with Crippen LogP contribution in [-0.2, 0) is 10.0 Å². The lowest BCUT2D eigenvalue weighted by atomic mass is 10.1. The normalized spacial score (nSPS) is 16.3. The van der Waals surface area contributed by atoms with Crippen LogP contribution >= 0.6 is 0 Å². The van der Waals surface area contributed by atoms with E-state index in [4.69, 9.17) is 0 Å². The van der Waals surface area contributed by atoms with Crippen LogP contribution < -0.4 is 5.32 Å². The van der Waals surface area contributed by atoms with E-state index in [2.05, 4.69) is 5.32 Å². The van der Waals surface area contributed by atoms with Crippen LogP contribution in [0.5, 0.6) is 0 Å². The van der Waals surface area contributed by atoms with E-state index in [-0.39, 0.29) is 24.2 Å². The van der Waals surface area contributed by atoms with E-state index in [0.717, 1.165) is 5.56 Å². The third-order valence-corrected chi connectivity index (χ3v) is 6.09. The Morgan fingerprint density at radius 2 is 1.79 bits per heavy atom. The fraction of sp³-hybridized carbons (Fsp3) is 0.588. The molecule has 0 aliphatic carbocycles. The van der Waals surface area contributed by atoms with Crippen LogP contribution in [0.25, 0.3) is 0 Å². The molecule has 1 aliphatic heterocycles. The van der Waals surface area contributed by atoms with Gasteiger partial charge in [-0.15, -0.1) is 0 Å². The van der Waals surface area contributed by atoms with Gasteiger partial charge in [0.1, 0.15) is 0 Å². The fourth-order valence-electron chi connectivity index (χ4n) is 2.72. The zero-order valence-electron chi connectivity index (χ0n) is 14.7. The van der Waals surface area contributed by atoms with Crippen molar-refractivity contribution in [1.29, 1.82) is 0 Å². The lowest BCUT2D eigenvalue weighted by Crippen LogP contribution is -2.49. The molecule has 1 amide bonds. The summed E-state index contributed by atoms with van der Waals surface area (Å²) in [6.07, 6.45) is 0. The van der Waals surface area contributed by atoms with Gasteiger partial charge in [-0.2, -0.15) is 4.31 Å². The molecular formula is C17H27N3O3S. The Hall–Kier alpha value is -1.44. The Morgan fingerprint density at radius 1 is 1.21 bits per heavy atom. The molecule has 7 heteroatoms. The predicted octanol–water partition coefficient (Wildman–Crippen LogP) is 1.08. The number of nitrogens with zero attached hydrogens (tertiary/aromatic N) is 2. The molecule has 1 aromatic carbocycles. The third-order valence-electron chi connectivity index (χ3n) is 4.24. The zero-order chi connectivity index (χ0) is 17.7. The van der Waals surface area contributed by atoms with Crippen molar-refractivity contribution in [3.63, 3.8) is 0 Å². The molecule has 1 aromatic rings.